The number of nitrogens with one attached hydrogen (secondary N) is 1. The van der Waals surface area contributed by atoms with Crippen molar-refractivity contribution in [3.8, 4) is 0 Å². The van der Waals surface area contributed by atoms with Crippen molar-refractivity contribution >= 4 is 5.97 Å². The number of halogens is 2. The van der Waals surface area contributed by atoms with Crippen molar-refractivity contribution < 1.29 is 18.3 Å². The monoisotopic (exact) mass is 231 g/mol. The van der Waals surface area contributed by atoms with Gasteiger partial charge in [0.15, 0.2) is 5.43 Å². The van der Waals surface area contributed by atoms with Gasteiger partial charge in [0, 0.05) is 18.0 Å². The van der Waals surface area contributed by atoms with E-state index in [1.807, 2.05) is 0 Å². The van der Waals surface area contributed by atoms with Crippen LogP contribution in [0.5, 0.6) is 0 Å². The Kier molecular flexibility index (Phi) is 4.16. The van der Waals surface area contributed by atoms with Crippen molar-refractivity contribution in [3.05, 3.63) is 33.7 Å². The van der Waals surface area contributed by atoms with Gasteiger partial charge >= 0.3 is 5.97 Å². The number of H-pyrrole nitrogens is 1. The number of rotatable bonds is 4. The van der Waals surface area contributed by atoms with Crippen LogP contribution >= 0.6 is 0 Å². The van der Waals surface area contributed by atoms with Crippen LogP contribution in [0, 0.1) is 0 Å². The molecule has 0 aliphatic heterocycles. The number of aromatic nitrogens is 1. The second kappa shape index (κ2) is 5.39. The molecule has 0 saturated carbocycles. The number of hydrogen-bond acceptors (Lipinski definition) is 3. The maximum atomic E-state index is 12.2. The minimum absolute atomic E-state index is 0.132. The first-order valence-corrected chi connectivity index (χ1v) is 4.70. The highest BCUT2D eigenvalue weighted by Crippen LogP contribution is 2.13. The van der Waals surface area contributed by atoms with Crippen molar-refractivity contribution in [1.29, 1.82) is 0 Å². The molecule has 1 aromatic heterocycles. The van der Waals surface area contributed by atoms with E-state index in [1.165, 1.54) is 0 Å². The molecule has 0 aliphatic carbocycles. The Morgan fingerprint density at radius 2 is 2.25 bits per heavy atom. The van der Waals surface area contributed by atoms with Crippen molar-refractivity contribution in [2.75, 3.05) is 6.61 Å². The van der Waals surface area contributed by atoms with Crippen LogP contribution in [-0.4, -0.2) is 17.6 Å². The molecule has 0 spiro atoms. The summed E-state index contributed by atoms with van der Waals surface area (Å²) in [5, 5.41) is 0. The molecule has 0 atom stereocenters. The average molecular weight is 231 g/mol. The number of esters is 1. The zero-order valence-corrected chi connectivity index (χ0v) is 8.63. The number of carbonyl (C=O) groups excluding carboxylic acids is 1. The van der Waals surface area contributed by atoms with Gasteiger partial charge < -0.3 is 9.72 Å². The first kappa shape index (κ1) is 12.4. The Bertz CT molecular complexity index is 428. The van der Waals surface area contributed by atoms with E-state index in [4.69, 9.17) is 0 Å². The Balaban J connectivity index is 2.82. The molecule has 0 aliphatic rings. The lowest BCUT2D eigenvalue weighted by molar-refractivity contribution is -0.142. The van der Waals surface area contributed by atoms with E-state index in [9.17, 15) is 18.4 Å². The van der Waals surface area contributed by atoms with Gasteiger partial charge in [0.1, 0.15) is 0 Å². The number of carbonyl (C=O) groups is 1. The predicted octanol–water partition coefficient (Wildman–Crippen LogP) is 1.42. The number of aromatic amines is 1. The van der Waals surface area contributed by atoms with E-state index in [1.54, 1.807) is 6.92 Å². The summed E-state index contributed by atoms with van der Waals surface area (Å²) >= 11 is 0. The topological polar surface area (TPSA) is 59.2 Å². The first-order valence-electron chi connectivity index (χ1n) is 4.70. The zero-order chi connectivity index (χ0) is 12.1. The summed E-state index contributed by atoms with van der Waals surface area (Å²) in [4.78, 5) is 24.7. The third kappa shape index (κ3) is 3.15. The summed E-state index contributed by atoms with van der Waals surface area (Å²) < 4.78 is 29.1. The van der Waals surface area contributed by atoms with E-state index in [0.717, 1.165) is 12.3 Å². The molecule has 1 aromatic rings. The molecule has 0 unspecified atom stereocenters. The van der Waals surface area contributed by atoms with E-state index in [2.05, 4.69) is 9.72 Å². The van der Waals surface area contributed by atoms with Gasteiger partial charge in [-0.15, -0.1) is 0 Å². The second-order valence-corrected chi connectivity index (χ2v) is 3.06. The lowest BCUT2D eigenvalue weighted by atomic mass is 10.2. The molecule has 0 radical (unpaired) electrons. The predicted molar refractivity (Wildman–Crippen MR) is 52.4 cm³/mol. The highest BCUT2D eigenvalue weighted by Gasteiger charge is 2.13. The lowest BCUT2D eigenvalue weighted by Crippen LogP contribution is -2.14. The molecule has 0 bridgehead atoms. The summed E-state index contributed by atoms with van der Waals surface area (Å²) in [6.07, 6.45) is -2.03. The van der Waals surface area contributed by atoms with Crippen LogP contribution in [0.4, 0.5) is 8.78 Å². The Morgan fingerprint density at radius 1 is 1.56 bits per heavy atom. The van der Waals surface area contributed by atoms with Crippen LogP contribution in [-0.2, 0) is 16.0 Å². The van der Waals surface area contributed by atoms with E-state index in [-0.39, 0.29) is 18.7 Å². The highest BCUT2D eigenvalue weighted by atomic mass is 19.3. The molecule has 1 rings (SSSR count). The molecule has 88 valence electrons. The summed E-state index contributed by atoms with van der Waals surface area (Å²) in [6, 6.07) is 0.985. The number of hydrogen-bond donors (Lipinski definition) is 1. The maximum absolute atomic E-state index is 12.2. The number of alkyl halides is 2. The minimum Gasteiger partial charge on any atom is -0.466 e. The van der Waals surface area contributed by atoms with Gasteiger partial charge in [0.2, 0.25) is 0 Å². The normalized spacial score (nSPS) is 10.5. The molecule has 1 N–H and O–H groups in total. The molecule has 0 saturated heterocycles. The summed E-state index contributed by atoms with van der Waals surface area (Å²) in [7, 11) is 0. The maximum Gasteiger partial charge on any atom is 0.311 e. The lowest BCUT2D eigenvalue weighted by Gasteiger charge is -2.03. The highest BCUT2D eigenvalue weighted by molar-refractivity contribution is 5.71. The Hall–Kier alpha value is -1.72. The summed E-state index contributed by atoms with van der Waals surface area (Å²) in [6.45, 7) is 1.89. The summed E-state index contributed by atoms with van der Waals surface area (Å²) in [5.74, 6) is -0.511. The minimum atomic E-state index is -2.82. The van der Waals surface area contributed by atoms with Crippen molar-refractivity contribution in [1.82, 2.24) is 4.98 Å². The third-order valence-electron chi connectivity index (χ3n) is 1.88. The third-order valence-corrected chi connectivity index (χ3v) is 1.88. The summed E-state index contributed by atoms with van der Waals surface area (Å²) in [5.41, 5.74) is -1.13. The second-order valence-electron chi connectivity index (χ2n) is 3.06. The standard InChI is InChI=1S/C10H11F2NO3/c1-2-16-9(15)4-6-3-8(14)7(5-13-6)10(11)12/h3,5,10H,2,4H2,1H3,(H,13,14). The Labute approximate surface area is 90.2 Å². The van der Waals surface area contributed by atoms with Crippen molar-refractivity contribution in [3.63, 3.8) is 0 Å². The molecular formula is C10H11F2NO3. The van der Waals surface area contributed by atoms with Gasteiger partial charge in [0.05, 0.1) is 18.6 Å². The van der Waals surface area contributed by atoms with Crippen LogP contribution in [0.3, 0.4) is 0 Å². The zero-order valence-electron chi connectivity index (χ0n) is 8.63. The largest absolute Gasteiger partial charge is 0.466 e. The van der Waals surface area contributed by atoms with Gasteiger partial charge in [-0.3, -0.25) is 9.59 Å². The fraction of sp³-hybridized carbons (Fsp3) is 0.400. The fourth-order valence-corrected chi connectivity index (χ4v) is 1.16. The van der Waals surface area contributed by atoms with Crippen LogP contribution in [0.2, 0.25) is 0 Å². The van der Waals surface area contributed by atoms with Crippen LogP contribution in [0.25, 0.3) is 0 Å². The van der Waals surface area contributed by atoms with E-state index in [0.29, 0.717) is 0 Å². The number of ether oxygens (including phenoxy) is 1. The SMILES string of the molecule is CCOC(=O)Cc1cc(=O)c(C(F)F)c[nH]1. The average Bonchev–Trinajstić information content (AvgIpc) is 2.17. The molecular weight excluding hydrogens is 220 g/mol. The van der Waals surface area contributed by atoms with Crippen molar-refractivity contribution in [2.45, 2.75) is 19.8 Å². The van der Waals surface area contributed by atoms with Gasteiger partial charge in [-0.2, -0.15) is 0 Å². The molecule has 6 heteroatoms. The fourth-order valence-electron chi connectivity index (χ4n) is 1.16. The van der Waals surface area contributed by atoms with E-state index < -0.39 is 23.4 Å². The molecule has 1 heterocycles. The first-order chi connectivity index (χ1) is 7.54. The smallest absolute Gasteiger partial charge is 0.311 e. The van der Waals surface area contributed by atoms with Crippen molar-refractivity contribution in [2.24, 2.45) is 0 Å². The molecule has 16 heavy (non-hydrogen) atoms. The molecule has 0 aromatic carbocycles. The molecule has 4 nitrogen and oxygen atoms in total. The quantitative estimate of drug-likeness (QED) is 0.797. The van der Waals surface area contributed by atoms with Crippen LogP contribution in [0.15, 0.2) is 17.1 Å². The molecule has 0 amide bonds. The van der Waals surface area contributed by atoms with Crippen LogP contribution in [0.1, 0.15) is 24.6 Å². The van der Waals surface area contributed by atoms with Gasteiger partial charge in [-0.25, -0.2) is 8.78 Å². The van der Waals surface area contributed by atoms with Crippen LogP contribution < -0.4 is 5.43 Å². The number of pyridine rings is 1. The molecule has 0 fully saturated rings. The Morgan fingerprint density at radius 3 is 2.75 bits per heavy atom. The van der Waals surface area contributed by atoms with E-state index >= 15 is 0 Å². The van der Waals surface area contributed by atoms with Gasteiger partial charge in [0.25, 0.3) is 6.43 Å². The van der Waals surface area contributed by atoms with Gasteiger partial charge in [-0.05, 0) is 6.92 Å². The van der Waals surface area contributed by atoms with Gasteiger partial charge in [-0.1, -0.05) is 0 Å².